The van der Waals surface area contributed by atoms with Crippen molar-refractivity contribution < 1.29 is 4.79 Å². The smallest absolute Gasteiger partial charge is 0.234 e. The molecule has 168 valence electrons. The number of carbonyl (C=O) groups is 1. The second-order valence-corrected chi connectivity index (χ2v) is 9.46. The van der Waals surface area contributed by atoms with Gasteiger partial charge in [0.1, 0.15) is 0 Å². The van der Waals surface area contributed by atoms with Crippen LogP contribution in [-0.4, -0.2) is 26.4 Å². The number of nitrogens with one attached hydrogen (secondary N) is 1. The van der Waals surface area contributed by atoms with Crippen LogP contribution < -0.4 is 5.32 Å². The van der Waals surface area contributed by atoms with E-state index < -0.39 is 0 Å². The zero-order valence-electron chi connectivity index (χ0n) is 18.1. The van der Waals surface area contributed by atoms with Gasteiger partial charge in [-0.2, -0.15) is 0 Å². The van der Waals surface area contributed by atoms with E-state index >= 15 is 0 Å². The van der Waals surface area contributed by atoms with Crippen molar-refractivity contribution in [1.82, 2.24) is 14.8 Å². The number of halogens is 2. The number of hydrogen-bond acceptors (Lipinski definition) is 4. The summed E-state index contributed by atoms with van der Waals surface area (Å²) in [4.78, 5) is 12.6. The van der Waals surface area contributed by atoms with Crippen LogP contribution in [0.1, 0.15) is 25.3 Å². The second-order valence-electron chi connectivity index (χ2n) is 7.68. The van der Waals surface area contributed by atoms with E-state index in [0.717, 1.165) is 16.8 Å². The Labute approximate surface area is 207 Å². The van der Waals surface area contributed by atoms with Gasteiger partial charge in [-0.3, -0.25) is 9.36 Å². The number of para-hydroxylation sites is 2. The lowest BCUT2D eigenvalue weighted by molar-refractivity contribution is -0.113. The number of aromatic nitrogens is 3. The number of thioether (sulfide) groups is 1. The van der Waals surface area contributed by atoms with Gasteiger partial charge in [0.15, 0.2) is 11.0 Å². The third-order valence-corrected chi connectivity index (χ3v) is 6.53. The number of benzene rings is 3. The van der Waals surface area contributed by atoms with Gasteiger partial charge in [-0.15, -0.1) is 10.2 Å². The molecule has 0 saturated carbocycles. The predicted octanol–water partition coefficient (Wildman–Crippen LogP) is 7.10. The van der Waals surface area contributed by atoms with Crippen molar-refractivity contribution in [3.05, 3.63) is 88.4 Å². The summed E-state index contributed by atoms with van der Waals surface area (Å²) in [5.41, 5.74) is 3.61. The first-order valence-electron chi connectivity index (χ1n) is 10.4. The summed E-state index contributed by atoms with van der Waals surface area (Å²) in [5.74, 6) is 0.970. The number of amides is 1. The van der Waals surface area contributed by atoms with Crippen LogP contribution in [0.4, 0.5) is 5.69 Å². The normalized spacial score (nSPS) is 11.1. The molecule has 0 unspecified atom stereocenters. The van der Waals surface area contributed by atoms with Crippen LogP contribution in [0.15, 0.2) is 78.0 Å². The van der Waals surface area contributed by atoms with Gasteiger partial charge in [-0.05, 0) is 53.9 Å². The number of nitrogens with zero attached hydrogens (tertiary/aromatic N) is 3. The van der Waals surface area contributed by atoms with E-state index in [4.69, 9.17) is 23.2 Å². The lowest BCUT2D eigenvalue weighted by atomic mass is 10.0. The molecular formula is C25H22Cl2N4OS. The predicted molar refractivity (Wildman–Crippen MR) is 137 cm³/mol. The Balaban J connectivity index is 1.68. The Morgan fingerprint density at radius 2 is 1.67 bits per heavy atom. The minimum atomic E-state index is -0.173. The Kier molecular flexibility index (Phi) is 7.38. The standard InChI is InChI=1S/C25H22Cl2N4OS/c1-16(2)19-7-3-6-10-22(19)31-24(17-11-13-18(26)14-12-17)29-30-25(31)33-15-23(32)28-21-9-5-4-8-20(21)27/h3-14,16H,15H2,1-2H3,(H,28,32). The second kappa shape index (κ2) is 10.4. The molecule has 1 amide bonds. The van der Waals surface area contributed by atoms with Gasteiger partial charge in [-0.1, -0.05) is 79.1 Å². The van der Waals surface area contributed by atoms with Gasteiger partial charge in [0.05, 0.1) is 22.2 Å². The van der Waals surface area contributed by atoms with E-state index in [2.05, 4.69) is 35.4 Å². The summed E-state index contributed by atoms with van der Waals surface area (Å²) in [7, 11) is 0. The van der Waals surface area contributed by atoms with Crippen molar-refractivity contribution in [2.45, 2.75) is 24.9 Å². The first kappa shape index (κ1) is 23.4. The number of rotatable bonds is 7. The largest absolute Gasteiger partial charge is 0.324 e. The fraction of sp³-hybridized carbons (Fsp3) is 0.160. The van der Waals surface area contributed by atoms with E-state index in [0.29, 0.717) is 32.6 Å². The van der Waals surface area contributed by atoms with Crippen molar-refractivity contribution in [3.8, 4) is 17.1 Å². The van der Waals surface area contributed by atoms with Crippen molar-refractivity contribution in [2.75, 3.05) is 11.1 Å². The summed E-state index contributed by atoms with van der Waals surface area (Å²) in [6.45, 7) is 4.30. The van der Waals surface area contributed by atoms with Crippen molar-refractivity contribution >= 4 is 46.6 Å². The average molecular weight is 497 g/mol. The average Bonchev–Trinajstić information content (AvgIpc) is 3.23. The molecule has 0 saturated heterocycles. The van der Waals surface area contributed by atoms with Gasteiger partial charge in [0.25, 0.3) is 0 Å². The Morgan fingerprint density at radius 3 is 2.39 bits per heavy atom. The molecule has 0 fully saturated rings. The van der Waals surface area contributed by atoms with E-state index in [1.165, 1.54) is 11.8 Å². The third-order valence-electron chi connectivity index (χ3n) is 5.02. The van der Waals surface area contributed by atoms with Crippen molar-refractivity contribution in [3.63, 3.8) is 0 Å². The molecule has 1 heterocycles. The van der Waals surface area contributed by atoms with E-state index in [-0.39, 0.29) is 11.7 Å². The highest BCUT2D eigenvalue weighted by atomic mass is 35.5. The lowest BCUT2D eigenvalue weighted by Crippen LogP contribution is -2.15. The monoisotopic (exact) mass is 496 g/mol. The number of anilines is 1. The molecule has 4 rings (SSSR count). The summed E-state index contributed by atoms with van der Waals surface area (Å²) in [5, 5.41) is 13.5. The van der Waals surface area contributed by atoms with E-state index in [9.17, 15) is 4.79 Å². The third kappa shape index (κ3) is 5.41. The first-order chi connectivity index (χ1) is 15.9. The molecule has 0 radical (unpaired) electrons. The van der Waals surface area contributed by atoms with Gasteiger partial charge in [0, 0.05) is 10.6 Å². The molecule has 1 aromatic heterocycles. The summed E-state index contributed by atoms with van der Waals surface area (Å²) >= 11 is 13.6. The highest BCUT2D eigenvalue weighted by Gasteiger charge is 2.20. The fourth-order valence-corrected chi connectivity index (χ4v) is 4.48. The SMILES string of the molecule is CC(C)c1ccccc1-n1c(SCC(=O)Nc2ccccc2Cl)nnc1-c1ccc(Cl)cc1. The highest BCUT2D eigenvalue weighted by molar-refractivity contribution is 7.99. The maximum absolute atomic E-state index is 12.6. The van der Waals surface area contributed by atoms with Gasteiger partial charge >= 0.3 is 0 Å². The Bertz CT molecular complexity index is 1270. The van der Waals surface area contributed by atoms with Crippen molar-refractivity contribution in [1.29, 1.82) is 0 Å². The first-order valence-corrected chi connectivity index (χ1v) is 12.2. The summed E-state index contributed by atoms with van der Waals surface area (Å²) in [6, 6.07) is 22.8. The van der Waals surface area contributed by atoms with Crippen LogP contribution in [0, 0.1) is 0 Å². The van der Waals surface area contributed by atoms with Gasteiger partial charge in [-0.25, -0.2) is 0 Å². The molecule has 0 spiro atoms. The Hall–Kier alpha value is -2.80. The number of carbonyl (C=O) groups excluding carboxylic acids is 1. The fourth-order valence-electron chi connectivity index (χ4n) is 3.42. The molecule has 1 N–H and O–H groups in total. The highest BCUT2D eigenvalue weighted by Crippen LogP contribution is 2.32. The zero-order valence-corrected chi connectivity index (χ0v) is 20.5. The van der Waals surface area contributed by atoms with Crippen LogP contribution in [0.25, 0.3) is 17.1 Å². The van der Waals surface area contributed by atoms with E-state index in [1.807, 2.05) is 59.2 Å². The Morgan fingerprint density at radius 1 is 0.970 bits per heavy atom. The molecule has 3 aromatic carbocycles. The van der Waals surface area contributed by atoms with Gasteiger partial charge < -0.3 is 5.32 Å². The molecule has 0 bridgehead atoms. The minimum Gasteiger partial charge on any atom is -0.324 e. The van der Waals surface area contributed by atoms with Crippen LogP contribution in [0.3, 0.4) is 0 Å². The molecule has 5 nitrogen and oxygen atoms in total. The van der Waals surface area contributed by atoms with Crippen LogP contribution in [-0.2, 0) is 4.79 Å². The van der Waals surface area contributed by atoms with Crippen molar-refractivity contribution in [2.24, 2.45) is 0 Å². The topological polar surface area (TPSA) is 59.8 Å². The quantitative estimate of drug-likeness (QED) is 0.277. The number of hydrogen-bond donors (Lipinski definition) is 1. The zero-order chi connectivity index (χ0) is 23.4. The molecule has 4 aromatic rings. The molecular weight excluding hydrogens is 475 g/mol. The van der Waals surface area contributed by atoms with Crippen LogP contribution in [0.2, 0.25) is 10.0 Å². The molecule has 0 aliphatic rings. The van der Waals surface area contributed by atoms with E-state index in [1.54, 1.807) is 12.1 Å². The molecule has 33 heavy (non-hydrogen) atoms. The van der Waals surface area contributed by atoms with Crippen LogP contribution in [0.5, 0.6) is 0 Å². The molecule has 0 atom stereocenters. The summed E-state index contributed by atoms with van der Waals surface area (Å²) < 4.78 is 2.01. The van der Waals surface area contributed by atoms with Crippen LogP contribution >= 0.6 is 35.0 Å². The van der Waals surface area contributed by atoms with Gasteiger partial charge in [0.2, 0.25) is 5.91 Å². The summed E-state index contributed by atoms with van der Waals surface area (Å²) in [6.07, 6.45) is 0. The maximum atomic E-state index is 12.6. The molecule has 8 heteroatoms. The molecule has 0 aliphatic heterocycles. The lowest BCUT2D eigenvalue weighted by Gasteiger charge is -2.17. The molecule has 0 aliphatic carbocycles. The minimum absolute atomic E-state index is 0.161. The maximum Gasteiger partial charge on any atom is 0.234 e.